The van der Waals surface area contributed by atoms with E-state index in [0.717, 1.165) is 17.4 Å². The van der Waals surface area contributed by atoms with Crippen LogP contribution in [-0.4, -0.2) is 6.29 Å². The number of halogens is 1. The summed E-state index contributed by atoms with van der Waals surface area (Å²) in [5.74, 6) is 0.425. The molecule has 0 unspecified atom stereocenters. The number of benzene rings is 2. The van der Waals surface area contributed by atoms with Gasteiger partial charge in [-0.1, -0.05) is 45.9 Å². The molecule has 0 heterocycles. The van der Waals surface area contributed by atoms with Crippen molar-refractivity contribution in [2.75, 3.05) is 0 Å². The lowest BCUT2D eigenvalue weighted by atomic mass is 9.87. The van der Waals surface area contributed by atoms with Crippen LogP contribution in [0.2, 0.25) is 0 Å². The van der Waals surface area contributed by atoms with Crippen molar-refractivity contribution in [3.8, 4) is 11.1 Å². The monoisotopic (exact) mass is 284 g/mol. The van der Waals surface area contributed by atoms with E-state index in [1.807, 2.05) is 6.07 Å². The third-order valence-electron chi connectivity index (χ3n) is 3.80. The van der Waals surface area contributed by atoms with Crippen molar-refractivity contribution >= 4 is 6.29 Å². The number of hydrogen-bond acceptors (Lipinski definition) is 1. The minimum Gasteiger partial charge on any atom is -0.298 e. The Morgan fingerprint density at radius 1 is 0.905 bits per heavy atom. The van der Waals surface area contributed by atoms with Gasteiger partial charge in [-0.15, -0.1) is 0 Å². The van der Waals surface area contributed by atoms with Crippen molar-refractivity contribution in [3.63, 3.8) is 0 Å². The summed E-state index contributed by atoms with van der Waals surface area (Å²) < 4.78 is 13.6. The predicted molar refractivity (Wildman–Crippen MR) is 85.4 cm³/mol. The topological polar surface area (TPSA) is 17.1 Å². The summed E-state index contributed by atoms with van der Waals surface area (Å²) in [4.78, 5) is 11.2. The van der Waals surface area contributed by atoms with Gasteiger partial charge in [0.1, 0.15) is 5.82 Å². The largest absolute Gasteiger partial charge is 0.298 e. The molecule has 1 nitrogen and oxygen atoms in total. The van der Waals surface area contributed by atoms with Gasteiger partial charge in [-0.2, -0.15) is 0 Å². The van der Waals surface area contributed by atoms with Crippen molar-refractivity contribution in [2.24, 2.45) is 0 Å². The van der Waals surface area contributed by atoms with Crippen LogP contribution in [0.5, 0.6) is 0 Å². The lowest BCUT2D eigenvalue weighted by Gasteiger charge is -2.17. The number of carbonyl (C=O) groups excluding carboxylic acids is 1. The van der Waals surface area contributed by atoms with E-state index in [2.05, 4.69) is 39.8 Å². The van der Waals surface area contributed by atoms with Crippen LogP contribution in [0.25, 0.3) is 11.1 Å². The van der Waals surface area contributed by atoms with Gasteiger partial charge < -0.3 is 0 Å². The van der Waals surface area contributed by atoms with E-state index in [4.69, 9.17) is 0 Å². The molecule has 0 aliphatic heterocycles. The predicted octanol–water partition coefficient (Wildman–Crippen LogP) is 5.55. The van der Waals surface area contributed by atoms with Gasteiger partial charge in [0.2, 0.25) is 0 Å². The van der Waals surface area contributed by atoms with Crippen LogP contribution in [0.1, 0.15) is 61.0 Å². The maximum atomic E-state index is 13.6. The van der Waals surface area contributed by atoms with E-state index in [9.17, 15) is 9.18 Å². The summed E-state index contributed by atoms with van der Waals surface area (Å²) in [5.41, 5.74) is 4.54. The van der Waals surface area contributed by atoms with Gasteiger partial charge in [0.25, 0.3) is 0 Å². The van der Waals surface area contributed by atoms with E-state index in [-0.39, 0.29) is 5.82 Å². The number of carbonyl (C=O) groups is 1. The normalized spacial score (nSPS) is 11.2. The molecule has 0 aliphatic rings. The summed E-state index contributed by atoms with van der Waals surface area (Å²) in [6.07, 6.45) is 0.787. The second kappa shape index (κ2) is 6.21. The first kappa shape index (κ1) is 15.4. The SMILES string of the molecule is CC(C)c1ccc(-c2cc(F)ccc2C=O)c(C(C)C)c1. The molecule has 0 N–H and O–H groups in total. The zero-order valence-electron chi connectivity index (χ0n) is 13.0. The van der Waals surface area contributed by atoms with E-state index in [0.29, 0.717) is 23.0 Å². The highest BCUT2D eigenvalue weighted by Crippen LogP contribution is 2.33. The van der Waals surface area contributed by atoms with Crippen molar-refractivity contribution in [2.45, 2.75) is 39.5 Å². The molecule has 0 spiro atoms. The highest BCUT2D eigenvalue weighted by molar-refractivity contribution is 5.88. The van der Waals surface area contributed by atoms with Crippen LogP contribution in [0.4, 0.5) is 4.39 Å². The van der Waals surface area contributed by atoms with Crippen LogP contribution in [-0.2, 0) is 0 Å². The fourth-order valence-corrected chi connectivity index (χ4v) is 2.53. The Kier molecular flexibility index (Phi) is 4.56. The van der Waals surface area contributed by atoms with Gasteiger partial charge in [-0.3, -0.25) is 4.79 Å². The standard InChI is InChI=1S/C19H21FO/c1-12(2)14-6-8-17(18(9-14)13(3)4)19-10-16(20)7-5-15(19)11-21/h5-13H,1-4H3. The van der Waals surface area contributed by atoms with Crippen LogP contribution in [0.15, 0.2) is 36.4 Å². The smallest absolute Gasteiger partial charge is 0.150 e. The third-order valence-corrected chi connectivity index (χ3v) is 3.80. The Labute approximate surface area is 125 Å². The first-order valence-corrected chi connectivity index (χ1v) is 7.33. The molecule has 0 bridgehead atoms. The van der Waals surface area contributed by atoms with E-state index < -0.39 is 0 Å². The number of aldehydes is 1. The van der Waals surface area contributed by atoms with Gasteiger partial charge in [0, 0.05) is 5.56 Å². The van der Waals surface area contributed by atoms with Crippen LogP contribution in [0.3, 0.4) is 0 Å². The van der Waals surface area contributed by atoms with Gasteiger partial charge in [-0.05, 0) is 52.3 Å². The zero-order chi connectivity index (χ0) is 15.6. The van der Waals surface area contributed by atoms with Gasteiger partial charge in [0.05, 0.1) is 0 Å². The molecule has 0 saturated carbocycles. The zero-order valence-corrected chi connectivity index (χ0v) is 13.0. The Morgan fingerprint density at radius 2 is 1.62 bits per heavy atom. The second-order valence-corrected chi connectivity index (χ2v) is 6.01. The van der Waals surface area contributed by atoms with Crippen LogP contribution >= 0.6 is 0 Å². The molecule has 0 amide bonds. The van der Waals surface area contributed by atoms with E-state index in [1.165, 1.54) is 23.8 Å². The van der Waals surface area contributed by atoms with Crippen molar-refractivity contribution in [1.29, 1.82) is 0 Å². The third kappa shape index (κ3) is 3.21. The molecule has 2 heteroatoms. The molecular weight excluding hydrogens is 263 g/mol. The Hall–Kier alpha value is -1.96. The van der Waals surface area contributed by atoms with E-state index in [1.54, 1.807) is 0 Å². The molecule has 21 heavy (non-hydrogen) atoms. The lowest BCUT2D eigenvalue weighted by molar-refractivity contribution is 0.112. The molecule has 2 aromatic carbocycles. The highest BCUT2D eigenvalue weighted by atomic mass is 19.1. The lowest BCUT2D eigenvalue weighted by Crippen LogP contribution is -1.99. The Bertz CT molecular complexity index is 657. The second-order valence-electron chi connectivity index (χ2n) is 6.01. The average Bonchev–Trinajstić information content (AvgIpc) is 2.46. The van der Waals surface area contributed by atoms with Gasteiger partial charge in [-0.25, -0.2) is 4.39 Å². The molecule has 0 fully saturated rings. The van der Waals surface area contributed by atoms with Crippen molar-refractivity contribution < 1.29 is 9.18 Å². The van der Waals surface area contributed by atoms with Crippen molar-refractivity contribution in [1.82, 2.24) is 0 Å². The summed E-state index contributed by atoms with van der Waals surface area (Å²) in [5, 5.41) is 0. The first-order chi connectivity index (χ1) is 9.93. The molecule has 2 aromatic rings. The number of hydrogen-bond donors (Lipinski definition) is 0. The quantitative estimate of drug-likeness (QED) is 0.672. The maximum absolute atomic E-state index is 13.6. The fraction of sp³-hybridized carbons (Fsp3) is 0.316. The first-order valence-electron chi connectivity index (χ1n) is 7.33. The maximum Gasteiger partial charge on any atom is 0.150 e. The Balaban J connectivity index is 2.68. The minimum absolute atomic E-state index is 0.307. The summed E-state index contributed by atoms with van der Waals surface area (Å²) in [6, 6.07) is 10.5. The van der Waals surface area contributed by atoms with Crippen LogP contribution < -0.4 is 0 Å². The molecule has 0 aliphatic carbocycles. The van der Waals surface area contributed by atoms with Crippen molar-refractivity contribution in [3.05, 3.63) is 58.9 Å². The highest BCUT2D eigenvalue weighted by Gasteiger charge is 2.14. The van der Waals surface area contributed by atoms with Gasteiger partial charge in [0.15, 0.2) is 6.29 Å². The molecular formula is C19H21FO. The molecule has 0 aromatic heterocycles. The Morgan fingerprint density at radius 3 is 2.19 bits per heavy atom. The summed E-state index contributed by atoms with van der Waals surface area (Å²) in [6.45, 7) is 8.53. The average molecular weight is 284 g/mol. The molecule has 0 atom stereocenters. The summed E-state index contributed by atoms with van der Waals surface area (Å²) in [7, 11) is 0. The number of rotatable bonds is 4. The molecule has 2 rings (SSSR count). The summed E-state index contributed by atoms with van der Waals surface area (Å²) >= 11 is 0. The minimum atomic E-state index is -0.321. The molecule has 110 valence electrons. The van der Waals surface area contributed by atoms with E-state index >= 15 is 0 Å². The molecule has 0 radical (unpaired) electrons. The van der Waals surface area contributed by atoms with Crippen LogP contribution in [0, 0.1) is 5.82 Å². The fourth-order valence-electron chi connectivity index (χ4n) is 2.53. The van der Waals surface area contributed by atoms with Gasteiger partial charge >= 0.3 is 0 Å². The molecule has 0 saturated heterocycles.